The highest BCUT2D eigenvalue weighted by Gasteiger charge is 2.39. The Morgan fingerprint density at radius 2 is 1.67 bits per heavy atom. The van der Waals surface area contributed by atoms with Gasteiger partial charge in [-0.2, -0.15) is 0 Å². The molecule has 6 rings (SSSR count). The SMILES string of the molecule is O=C1CCC(N2Cc3cc(OC4CCCCC4)ccc3C2=O)C(=O)N1.Oc1ccc(C2CNC2)cc1. The molecule has 1 saturated carbocycles. The fourth-order valence-electron chi connectivity index (χ4n) is 5.27. The number of phenols is 1. The van der Waals surface area contributed by atoms with Gasteiger partial charge in [0.15, 0.2) is 0 Å². The lowest BCUT2D eigenvalue weighted by Gasteiger charge is -2.29. The number of amides is 3. The van der Waals surface area contributed by atoms with Crippen molar-refractivity contribution in [3.05, 3.63) is 59.2 Å². The second-order valence-electron chi connectivity index (χ2n) is 10.0. The summed E-state index contributed by atoms with van der Waals surface area (Å²) in [5, 5.41) is 14.5. The van der Waals surface area contributed by atoms with Gasteiger partial charge in [-0.05, 0) is 73.6 Å². The molecule has 4 aliphatic rings. The van der Waals surface area contributed by atoms with Crippen LogP contribution in [0.4, 0.5) is 0 Å². The van der Waals surface area contributed by atoms with E-state index in [9.17, 15) is 14.4 Å². The van der Waals surface area contributed by atoms with Crippen molar-refractivity contribution in [2.45, 2.75) is 69.6 Å². The van der Waals surface area contributed by atoms with Crippen LogP contribution in [0.15, 0.2) is 42.5 Å². The predicted octanol–water partition coefficient (Wildman–Crippen LogP) is 3.24. The molecule has 0 bridgehead atoms. The third-order valence-corrected chi connectivity index (χ3v) is 7.50. The van der Waals surface area contributed by atoms with Crippen LogP contribution in [0, 0.1) is 0 Å². The van der Waals surface area contributed by atoms with Crippen LogP contribution in [-0.4, -0.2) is 53.0 Å². The van der Waals surface area contributed by atoms with E-state index in [0.717, 1.165) is 37.2 Å². The molecule has 2 aromatic rings. The summed E-state index contributed by atoms with van der Waals surface area (Å²) in [6, 6.07) is 12.5. The summed E-state index contributed by atoms with van der Waals surface area (Å²) in [4.78, 5) is 37.6. The number of ether oxygens (including phenoxy) is 1. The number of carbonyl (C=O) groups is 3. The largest absolute Gasteiger partial charge is 0.508 e. The third-order valence-electron chi connectivity index (χ3n) is 7.50. The molecule has 1 unspecified atom stereocenters. The van der Waals surface area contributed by atoms with Crippen molar-refractivity contribution in [1.82, 2.24) is 15.5 Å². The van der Waals surface area contributed by atoms with Crippen LogP contribution in [0.5, 0.6) is 11.5 Å². The average Bonchev–Trinajstić information content (AvgIpc) is 3.16. The van der Waals surface area contributed by atoms with Gasteiger partial charge in [-0.3, -0.25) is 19.7 Å². The number of fused-ring (bicyclic) bond motifs is 1. The highest BCUT2D eigenvalue weighted by atomic mass is 16.5. The lowest BCUT2D eigenvalue weighted by molar-refractivity contribution is -0.136. The molecule has 0 spiro atoms. The van der Waals surface area contributed by atoms with Gasteiger partial charge in [0, 0.05) is 37.5 Å². The molecule has 8 nitrogen and oxygen atoms in total. The molecule has 2 aromatic carbocycles. The Morgan fingerprint density at radius 3 is 2.33 bits per heavy atom. The van der Waals surface area contributed by atoms with Crippen LogP contribution in [0.25, 0.3) is 0 Å². The van der Waals surface area contributed by atoms with E-state index >= 15 is 0 Å². The van der Waals surface area contributed by atoms with Crippen molar-refractivity contribution >= 4 is 17.7 Å². The Morgan fingerprint density at radius 1 is 0.917 bits per heavy atom. The van der Waals surface area contributed by atoms with Gasteiger partial charge in [0.05, 0.1) is 6.10 Å². The van der Waals surface area contributed by atoms with Crippen molar-refractivity contribution in [1.29, 1.82) is 0 Å². The van der Waals surface area contributed by atoms with Crippen LogP contribution in [0.1, 0.15) is 72.3 Å². The molecule has 190 valence electrons. The normalized spacial score (nSPS) is 22.3. The summed E-state index contributed by atoms with van der Waals surface area (Å²) in [5.41, 5.74) is 2.84. The maximum Gasteiger partial charge on any atom is 0.255 e. The van der Waals surface area contributed by atoms with Gasteiger partial charge >= 0.3 is 0 Å². The first kappa shape index (κ1) is 24.3. The van der Waals surface area contributed by atoms with Gasteiger partial charge in [-0.25, -0.2) is 0 Å². The predicted molar refractivity (Wildman–Crippen MR) is 134 cm³/mol. The topological polar surface area (TPSA) is 108 Å². The zero-order valence-electron chi connectivity index (χ0n) is 20.4. The maximum atomic E-state index is 12.6. The summed E-state index contributed by atoms with van der Waals surface area (Å²) in [6.07, 6.45) is 6.77. The number of imide groups is 1. The maximum absolute atomic E-state index is 12.6. The second kappa shape index (κ2) is 10.7. The van der Waals surface area contributed by atoms with Gasteiger partial charge in [0.2, 0.25) is 11.8 Å². The fourth-order valence-corrected chi connectivity index (χ4v) is 5.27. The minimum atomic E-state index is -0.569. The zero-order valence-corrected chi connectivity index (χ0v) is 20.4. The van der Waals surface area contributed by atoms with Crippen molar-refractivity contribution < 1.29 is 24.2 Å². The number of rotatable bonds is 4. The highest BCUT2D eigenvalue weighted by Crippen LogP contribution is 2.31. The number of phenolic OH excluding ortho intramolecular Hbond substituents is 1. The zero-order chi connectivity index (χ0) is 25.1. The van der Waals surface area contributed by atoms with Crippen LogP contribution < -0.4 is 15.4 Å². The van der Waals surface area contributed by atoms with E-state index in [1.165, 1.54) is 24.8 Å². The monoisotopic (exact) mass is 491 g/mol. The van der Waals surface area contributed by atoms with Crippen molar-refractivity contribution in [2.24, 2.45) is 0 Å². The Hall–Kier alpha value is -3.39. The summed E-state index contributed by atoms with van der Waals surface area (Å²) in [5.74, 6) is 1.01. The molecule has 0 aromatic heterocycles. The minimum absolute atomic E-state index is 0.145. The van der Waals surface area contributed by atoms with E-state index in [0.29, 0.717) is 30.2 Å². The molecule has 3 N–H and O–H groups in total. The lowest BCUT2D eigenvalue weighted by atomic mass is 9.94. The van der Waals surface area contributed by atoms with E-state index in [4.69, 9.17) is 9.84 Å². The molecule has 1 aliphatic carbocycles. The van der Waals surface area contributed by atoms with Crippen molar-refractivity contribution in [3.63, 3.8) is 0 Å². The number of piperidine rings is 1. The standard InChI is InChI=1S/C19H22N2O4.C9H11NO/c22-17-9-8-16(18(23)20-17)21-11-12-10-14(6-7-15(12)19(21)24)25-13-4-2-1-3-5-13;11-9-3-1-7(2-4-9)8-5-10-6-8/h6-7,10,13,16H,1-5,8-9,11H2,(H,20,22,23);1-4,8,10-11H,5-6H2. The molecular formula is C28H33N3O5. The third kappa shape index (κ3) is 5.38. The van der Waals surface area contributed by atoms with E-state index in [2.05, 4.69) is 10.6 Å². The number of benzene rings is 2. The van der Waals surface area contributed by atoms with Crippen LogP contribution in [0.2, 0.25) is 0 Å². The number of nitrogens with one attached hydrogen (secondary N) is 2. The fraction of sp³-hybridized carbons (Fsp3) is 0.464. The molecule has 3 heterocycles. The number of carbonyl (C=O) groups excluding carboxylic acids is 3. The molecule has 3 amide bonds. The Bertz CT molecular complexity index is 1120. The van der Waals surface area contributed by atoms with Gasteiger partial charge in [0.1, 0.15) is 17.5 Å². The summed E-state index contributed by atoms with van der Waals surface area (Å²) in [7, 11) is 0. The molecule has 3 fully saturated rings. The van der Waals surface area contributed by atoms with Crippen LogP contribution in [0.3, 0.4) is 0 Å². The number of nitrogens with zero attached hydrogens (tertiary/aromatic N) is 1. The van der Waals surface area contributed by atoms with E-state index in [1.54, 1.807) is 23.1 Å². The molecule has 1 atom stereocenters. The highest BCUT2D eigenvalue weighted by molar-refractivity contribution is 6.05. The van der Waals surface area contributed by atoms with Gasteiger partial charge in [0.25, 0.3) is 5.91 Å². The first-order chi connectivity index (χ1) is 17.5. The number of hydrogen-bond donors (Lipinski definition) is 3. The van der Waals surface area contributed by atoms with Gasteiger partial charge in [-0.15, -0.1) is 0 Å². The number of aromatic hydroxyl groups is 1. The quantitative estimate of drug-likeness (QED) is 0.567. The molecule has 8 heteroatoms. The minimum Gasteiger partial charge on any atom is -0.508 e. The lowest BCUT2D eigenvalue weighted by Crippen LogP contribution is -2.52. The van der Waals surface area contributed by atoms with Crippen LogP contribution in [-0.2, 0) is 16.1 Å². The van der Waals surface area contributed by atoms with Gasteiger partial charge < -0.3 is 20.1 Å². The van der Waals surface area contributed by atoms with E-state index in [-0.39, 0.29) is 30.2 Å². The van der Waals surface area contributed by atoms with Crippen molar-refractivity contribution in [3.8, 4) is 11.5 Å². The molecule has 0 radical (unpaired) electrons. The Kier molecular flexibility index (Phi) is 7.23. The first-order valence-corrected chi connectivity index (χ1v) is 12.9. The molecule has 36 heavy (non-hydrogen) atoms. The van der Waals surface area contributed by atoms with E-state index in [1.807, 2.05) is 24.3 Å². The summed E-state index contributed by atoms with van der Waals surface area (Å²) >= 11 is 0. The van der Waals surface area contributed by atoms with Crippen molar-refractivity contribution in [2.75, 3.05) is 13.1 Å². The average molecular weight is 492 g/mol. The first-order valence-electron chi connectivity index (χ1n) is 12.9. The number of hydrogen-bond acceptors (Lipinski definition) is 6. The van der Waals surface area contributed by atoms with Gasteiger partial charge in [-0.1, -0.05) is 18.6 Å². The Balaban J connectivity index is 0.000000202. The van der Waals surface area contributed by atoms with E-state index < -0.39 is 6.04 Å². The molecule has 2 saturated heterocycles. The molecular weight excluding hydrogens is 458 g/mol. The van der Waals surface area contributed by atoms with Crippen LogP contribution >= 0.6 is 0 Å². The Labute approximate surface area is 211 Å². The smallest absolute Gasteiger partial charge is 0.255 e. The molecule has 3 aliphatic heterocycles. The summed E-state index contributed by atoms with van der Waals surface area (Å²) in [6.45, 7) is 2.54. The second-order valence-corrected chi connectivity index (χ2v) is 10.0. The summed E-state index contributed by atoms with van der Waals surface area (Å²) < 4.78 is 6.08.